The summed E-state index contributed by atoms with van der Waals surface area (Å²) in [6.07, 6.45) is -5.44. The minimum absolute atomic E-state index is 0.131. The van der Waals surface area contributed by atoms with Gasteiger partial charge in [0.25, 0.3) is 0 Å². The summed E-state index contributed by atoms with van der Waals surface area (Å²) < 4.78 is 39.0. The molecule has 2 bridgehead atoms. The normalized spacial score (nSPS) is 32.4. The molecule has 0 radical (unpaired) electrons. The minimum Gasteiger partial charge on any atom is -0.487 e. The van der Waals surface area contributed by atoms with Crippen LogP contribution in [0.2, 0.25) is 0 Å². The molecule has 1 fully saturated rings. The van der Waals surface area contributed by atoms with Crippen LogP contribution in [-0.4, -0.2) is 105 Å². The Bertz CT molecular complexity index is 613. The van der Waals surface area contributed by atoms with E-state index in [4.69, 9.17) is 33.2 Å². The van der Waals surface area contributed by atoms with Gasteiger partial charge in [-0.2, -0.15) is 0 Å². The molecule has 3 aliphatic heterocycles. The molecule has 0 unspecified atom stereocenters. The Balaban J connectivity index is 1.58. The second kappa shape index (κ2) is 12.4. The highest BCUT2D eigenvalue weighted by Gasteiger charge is 2.45. The molecule has 1 aromatic carbocycles. The third-order valence-electron chi connectivity index (χ3n) is 4.69. The van der Waals surface area contributed by atoms with E-state index in [1.165, 1.54) is 0 Å². The van der Waals surface area contributed by atoms with Gasteiger partial charge in [0, 0.05) is 0 Å². The van der Waals surface area contributed by atoms with Crippen LogP contribution >= 0.6 is 0 Å². The summed E-state index contributed by atoms with van der Waals surface area (Å²) in [7, 11) is 0. The van der Waals surface area contributed by atoms with Crippen LogP contribution in [0.1, 0.15) is 0 Å². The summed E-state index contributed by atoms with van der Waals surface area (Å²) in [6.45, 7) is 1.67. The van der Waals surface area contributed by atoms with Gasteiger partial charge in [-0.05, 0) is 12.1 Å². The van der Waals surface area contributed by atoms with Gasteiger partial charge in [0.2, 0.25) is 0 Å². The SMILES string of the molecule is OC[C@H]1O[C@@H]2OCCOCCOc3ccccc3OCCOCCO[C@H]1[C@H](O)[C@H]2O. The van der Waals surface area contributed by atoms with Crippen LogP contribution in [0.5, 0.6) is 11.5 Å². The van der Waals surface area contributed by atoms with E-state index in [1.54, 1.807) is 0 Å². The number of aliphatic hydroxyl groups is 3. The molecular formula is C20H30O10. The lowest BCUT2D eigenvalue weighted by Crippen LogP contribution is -2.60. The summed E-state index contributed by atoms with van der Waals surface area (Å²) in [6, 6.07) is 7.35. The lowest BCUT2D eigenvalue weighted by molar-refractivity contribution is -0.309. The highest BCUT2D eigenvalue weighted by molar-refractivity contribution is 5.39. The van der Waals surface area contributed by atoms with Crippen LogP contribution in [0.15, 0.2) is 24.3 Å². The topological polar surface area (TPSA) is 125 Å². The van der Waals surface area contributed by atoms with Crippen LogP contribution in [0, 0.1) is 0 Å². The number of aliphatic hydroxyl groups excluding tert-OH is 3. The first-order valence-corrected chi connectivity index (χ1v) is 10.1. The van der Waals surface area contributed by atoms with E-state index in [0.29, 0.717) is 37.9 Å². The van der Waals surface area contributed by atoms with Gasteiger partial charge in [-0.25, -0.2) is 0 Å². The molecule has 1 saturated heterocycles. The van der Waals surface area contributed by atoms with Crippen molar-refractivity contribution in [2.45, 2.75) is 30.7 Å². The maximum Gasteiger partial charge on any atom is 0.186 e. The summed E-state index contributed by atoms with van der Waals surface area (Å²) >= 11 is 0. The summed E-state index contributed by atoms with van der Waals surface area (Å²) in [5.74, 6) is 1.24. The molecule has 3 N–H and O–H groups in total. The Kier molecular flexibility index (Phi) is 9.56. The molecule has 0 amide bonds. The highest BCUT2D eigenvalue weighted by Crippen LogP contribution is 2.26. The van der Waals surface area contributed by atoms with Crippen molar-refractivity contribution in [2.24, 2.45) is 0 Å². The van der Waals surface area contributed by atoms with Crippen molar-refractivity contribution in [1.82, 2.24) is 0 Å². The first kappa shape index (κ1) is 23.2. The second-order valence-corrected chi connectivity index (χ2v) is 6.78. The largest absolute Gasteiger partial charge is 0.487 e. The molecule has 30 heavy (non-hydrogen) atoms. The Labute approximate surface area is 175 Å². The quantitative estimate of drug-likeness (QED) is 0.494. The molecule has 0 aromatic heterocycles. The van der Waals surface area contributed by atoms with Gasteiger partial charge in [0.1, 0.15) is 37.6 Å². The number of fused-ring (bicyclic) bond motifs is 14. The fourth-order valence-electron chi connectivity index (χ4n) is 3.18. The number of rotatable bonds is 1. The summed E-state index contributed by atoms with van der Waals surface area (Å²) in [5.41, 5.74) is 0. The van der Waals surface area contributed by atoms with Gasteiger partial charge in [-0.15, -0.1) is 0 Å². The van der Waals surface area contributed by atoms with Gasteiger partial charge in [0.15, 0.2) is 17.8 Å². The van der Waals surface area contributed by atoms with E-state index in [2.05, 4.69) is 0 Å². The van der Waals surface area contributed by atoms with E-state index in [-0.39, 0.29) is 26.4 Å². The van der Waals surface area contributed by atoms with Crippen LogP contribution in [0.25, 0.3) is 0 Å². The van der Waals surface area contributed by atoms with Crippen molar-refractivity contribution < 1.29 is 48.5 Å². The smallest absolute Gasteiger partial charge is 0.186 e. The number of hydrogen-bond acceptors (Lipinski definition) is 10. The summed E-state index contributed by atoms with van der Waals surface area (Å²) in [4.78, 5) is 0. The van der Waals surface area contributed by atoms with Crippen molar-refractivity contribution in [2.75, 3.05) is 59.5 Å². The molecule has 3 heterocycles. The maximum atomic E-state index is 10.4. The van der Waals surface area contributed by atoms with Crippen LogP contribution in [0.4, 0.5) is 0 Å². The molecule has 170 valence electrons. The Hall–Kier alpha value is -1.50. The van der Waals surface area contributed by atoms with Gasteiger partial charge < -0.3 is 48.5 Å². The standard InChI is InChI=1S/C20H30O10/c21-13-16-19-17(22)18(23)20(30-16)29-12-8-25-6-10-27-15-4-2-1-3-14(15)26-9-5-24-7-11-28-19/h1-4,16-23H,5-13H2/t16-,17-,18-,19-,20+/m1/s1. The minimum atomic E-state index is -1.32. The first-order chi connectivity index (χ1) is 14.7. The molecule has 4 rings (SSSR count). The zero-order valence-corrected chi connectivity index (χ0v) is 16.8. The van der Waals surface area contributed by atoms with Crippen LogP contribution in [-0.2, 0) is 23.7 Å². The number of ether oxygens (including phenoxy) is 7. The molecule has 0 spiro atoms. The van der Waals surface area contributed by atoms with Gasteiger partial charge >= 0.3 is 0 Å². The van der Waals surface area contributed by atoms with E-state index < -0.39 is 37.3 Å². The monoisotopic (exact) mass is 430 g/mol. The molecule has 0 aliphatic carbocycles. The van der Waals surface area contributed by atoms with Gasteiger partial charge in [-0.3, -0.25) is 0 Å². The van der Waals surface area contributed by atoms with Crippen LogP contribution in [0.3, 0.4) is 0 Å². The molecule has 0 saturated carbocycles. The molecular weight excluding hydrogens is 400 g/mol. The van der Waals surface area contributed by atoms with Crippen molar-refractivity contribution in [3.63, 3.8) is 0 Å². The van der Waals surface area contributed by atoms with E-state index in [9.17, 15) is 15.3 Å². The lowest BCUT2D eigenvalue weighted by atomic mass is 9.99. The van der Waals surface area contributed by atoms with E-state index in [0.717, 1.165) is 0 Å². The lowest BCUT2D eigenvalue weighted by Gasteiger charge is -2.41. The van der Waals surface area contributed by atoms with Crippen molar-refractivity contribution in [3.8, 4) is 11.5 Å². The van der Waals surface area contributed by atoms with Crippen LogP contribution < -0.4 is 9.47 Å². The first-order valence-electron chi connectivity index (χ1n) is 10.1. The van der Waals surface area contributed by atoms with E-state index in [1.807, 2.05) is 24.3 Å². The highest BCUT2D eigenvalue weighted by atomic mass is 16.7. The zero-order chi connectivity index (χ0) is 21.2. The fraction of sp³-hybridized carbons (Fsp3) is 0.700. The average molecular weight is 430 g/mol. The predicted molar refractivity (Wildman–Crippen MR) is 103 cm³/mol. The van der Waals surface area contributed by atoms with Crippen molar-refractivity contribution >= 4 is 0 Å². The molecule has 1 aromatic rings. The number of para-hydroxylation sites is 2. The Morgan fingerprint density at radius 3 is 1.90 bits per heavy atom. The Morgan fingerprint density at radius 1 is 0.733 bits per heavy atom. The maximum absolute atomic E-state index is 10.4. The van der Waals surface area contributed by atoms with Gasteiger partial charge in [0.05, 0.1) is 46.2 Å². The molecule has 5 atom stereocenters. The molecule has 10 heteroatoms. The average Bonchev–Trinajstić information content (AvgIpc) is 2.76. The van der Waals surface area contributed by atoms with Crippen molar-refractivity contribution in [3.05, 3.63) is 24.3 Å². The summed E-state index contributed by atoms with van der Waals surface area (Å²) in [5, 5.41) is 30.2. The Morgan fingerprint density at radius 2 is 1.30 bits per heavy atom. The fourth-order valence-corrected chi connectivity index (χ4v) is 3.18. The molecule has 10 nitrogen and oxygen atoms in total. The van der Waals surface area contributed by atoms with Gasteiger partial charge in [-0.1, -0.05) is 12.1 Å². The van der Waals surface area contributed by atoms with Crippen molar-refractivity contribution in [1.29, 1.82) is 0 Å². The number of benzene rings is 1. The zero-order valence-electron chi connectivity index (χ0n) is 16.8. The van der Waals surface area contributed by atoms with E-state index >= 15 is 0 Å². The second-order valence-electron chi connectivity index (χ2n) is 6.78. The third-order valence-corrected chi connectivity index (χ3v) is 4.69. The molecule has 3 aliphatic rings. The number of hydrogen-bond donors (Lipinski definition) is 3. The third kappa shape index (κ3) is 6.50. The predicted octanol–water partition coefficient (Wildman–Crippen LogP) is -0.668.